The van der Waals surface area contributed by atoms with Crippen LogP contribution < -0.4 is 10.4 Å². The number of rotatable bonds is 6. The van der Waals surface area contributed by atoms with Gasteiger partial charge in [-0.15, -0.1) is 0 Å². The molecule has 1 rings (SSSR count). The predicted molar refractivity (Wildman–Crippen MR) is 67.6 cm³/mol. The van der Waals surface area contributed by atoms with Gasteiger partial charge in [-0.05, 0) is 20.8 Å². The van der Waals surface area contributed by atoms with Crippen LogP contribution in [0.25, 0.3) is 0 Å². The van der Waals surface area contributed by atoms with Crippen LogP contribution in [0.5, 0.6) is 5.88 Å². The first kappa shape index (κ1) is 15.1. The zero-order valence-corrected chi connectivity index (χ0v) is 11.4. The van der Waals surface area contributed by atoms with E-state index in [0.717, 1.165) is 10.8 Å². The number of amides is 1. The van der Waals surface area contributed by atoms with Gasteiger partial charge >= 0.3 is 5.69 Å². The van der Waals surface area contributed by atoms with Gasteiger partial charge in [-0.25, -0.2) is 4.79 Å². The molecule has 0 spiro atoms. The molecule has 19 heavy (non-hydrogen) atoms. The van der Waals surface area contributed by atoms with Gasteiger partial charge in [0.2, 0.25) is 11.7 Å². The maximum Gasteiger partial charge on any atom is 0.351 e. The monoisotopic (exact) mass is 271 g/mol. The number of nitrogens with zero attached hydrogens (tertiary/aromatic N) is 3. The maximum absolute atomic E-state index is 13.6. The third-order valence-corrected chi connectivity index (χ3v) is 2.62. The van der Waals surface area contributed by atoms with Crippen molar-refractivity contribution in [1.29, 1.82) is 0 Å². The fourth-order valence-electron chi connectivity index (χ4n) is 1.63. The molecule has 0 unspecified atom stereocenters. The molecule has 7 heteroatoms. The molecule has 0 saturated carbocycles. The van der Waals surface area contributed by atoms with Gasteiger partial charge in [0.05, 0.1) is 12.8 Å². The van der Waals surface area contributed by atoms with Crippen LogP contribution in [0.1, 0.15) is 20.8 Å². The Morgan fingerprint density at radius 3 is 2.58 bits per heavy atom. The lowest BCUT2D eigenvalue weighted by atomic mass is 10.4. The Hall–Kier alpha value is -1.92. The second-order valence-electron chi connectivity index (χ2n) is 3.80. The van der Waals surface area contributed by atoms with Crippen molar-refractivity contribution in [2.45, 2.75) is 27.3 Å². The number of hydrogen-bond acceptors (Lipinski definition) is 4. The average molecular weight is 271 g/mol. The van der Waals surface area contributed by atoms with E-state index in [1.807, 2.05) is 13.8 Å². The molecule has 0 atom stereocenters. The number of halogens is 1. The smallest absolute Gasteiger partial charge is 0.351 e. The fraction of sp³-hybridized carbons (Fsp3) is 0.583. The van der Waals surface area contributed by atoms with E-state index in [-0.39, 0.29) is 24.9 Å². The van der Waals surface area contributed by atoms with Crippen LogP contribution in [0.15, 0.2) is 11.0 Å². The average Bonchev–Trinajstić information content (AvgIpc) is 2.37. The number of carbonyl (C=O) groups is 1. The summed E-state index contributed by atoms with van der Waals surface area (Å²) in [5, 5.41) is 0. The Morgan fingerprint density at radius 2 is 2.05 bits per heavy atom. The van der Waals surface area contributed by atoms with Crippen LogP contribution in [0.2, 0.25) is 0 Å². The van der Waals surface area contributed by atoms with E-state index >= 15 is 0 Å². The summed E-state index contributed by atoms with van der Waals surface area (Å²) < 4.78 is 19.4. The molecule has 0 N–H and O–H groups in total. The highest BCUT2D eigenvalue weighted by molar-refractivity contribution is 5.75. The number of ether oxygens (including phenoxy) is 1. The summed E-state index contributed by atoms with van der Waals surface area (Å²) in [5.74, 6) is -1.34. The van der Waals surface area contributed by atoms with E-state index in [1.54, 1.807) is 11.8 Å². The standard InChI is InChI=1S/C12H18FN3O3/c1-4-15(5-2)10(17)8-16-7-9(13)11(19-6-3)14-12(16)18/h7H,4-6,8H2,1-3H3. The minimum Gasteiger partial charge on any atom is -0.476 e. The number of carbonyl (C=O) groups excluding carboxylic acids is 1. The molecule has 106 valence electrons. The fourth-order valence-corrected chi connectivity index (χ4v) is 1.63. The summed E-state index contributed by atoms with van der Waals surface area (Å²) in [7, 11) is 0. The molecule has 0 aliphatic carbocycles. The van der Waals surface area contributed by atoms with Crippen LogP contribution in [0, 0.1) is 5.82 Å². The van der Waals surface area contributed by atoms with E-state index in [1.165, 1.54) is 0 Å². The Bertz CT molecular complexity index is 497. The zero-order chi connectivity index (χ0) is 14.4. The number of aromatic nitrogens is 2. The lowest BCUT2D eigenvalue weighted by Crippen LogP contribution is -2.37. The van der Waals surface area contributed by atoms with Gasteiger partial charge in [-0.3, -0.25) is 9.36 Å². The van der Waals surface area contributed by atoms with Crippen LogP contribution in [-0.2, 0) is 11.3 Å². The molecule has 0 aromatic carbocycles. The van der Waals surface area contributed by atoms with Crippen molar-refractivity contribution in [1.82, 2.24) is 14.5 Å². The summed E-state index contributed by atoms with van der Waals surface area (Å²) in [6.07, 6.45) is 0.946. The van der Waals surface area contributed by atoms with Gasteiger partial charge in [-0.1, -0.05) is 0 Å². The van der Waals surface area contributed by atoms with Crippen molar-refractivity contribution in [2.75, 3.05) is 19.7 Å². The van der Waals surface area contributed by atoms with Crippen LogP contribution in [-0.4, -0.2) is 40.1 Å². The van der Waals surface area contributed by atoms with E-state index < -0.39 is 11.5 Å². The predicted octanol–water partition coefficient (Wildman–Crippen LogP) is 0.649. The third-order valence-electron chi connectivity index (χ3n) is 2.62. The highest BCUT2D eigenvalue weighted by atomic mass is 19.1. The van der Waals surface area contributed by atoms with Crippen LogP contribution >= 0.6 is 0 Å². The van der Waals surface area contributed by atoms with Gasteiger partial charge in [-0.2, -0.15) is 9.37 Å². The Labute approximate surface area is 110 Å². The van der Waals surface area contributed by atoms with Gasteiger partial charge in [0.1, 0.15) is 6.54 Å². The number of hydrogen-bond donors (Lipinski definition) is 0. The minimum atomic E-state index is -0.756. The van der Waals surface area contributed by atoms with Crippen molar-refractivity contribution in [3.8, 4) is 5.88 Å². The normalized spacial score (nSPS) is 10.3. The van der Waals surface area contributed by atoms with Crippen molar-refractivity contribution in [2.24, 2.45) is 0 Å². The molecule has 0 saturated heterocycles. The molecule has 0 radical (unpaired) electrons. The zero-order valence-electron chi connectivity index (χ0n) is 11.4. The third kappa shape index (κ3) is 3.77. The summed E-state index contributed by atoms with van der Waals surface area (Å²) in [6.45, 7) is 6.40. The Morgan fingerprint density at radius 1 is 1.42 bits per heavy atom. The van der Waals surface area contributed by atoms with E-state index in [0.29, 0.717) is 13.1 Å². The van der Waals surface area contributed by atoms with Gasteiger partial charge in [0.15, 0.2) is 0 Å². The second kappa shape index (κ2) is 6.86. The lowest BCUT2D eigenvalue weighted by Gasteiger charge is -2.19. The molecule has 0 aliphatic rings. The molecular weight excluding hydrogens is 253 g/mol. The highest BCUT2D eigenvalue weighted by Crippen LogP contribution is 2.09. The molecule has 1 amide bonds. The van der Waals surface area contributed by atoms with Crippen molar-refractivity contribution in [3.05, 3.63) is 22.5 Å². The van der Waals surface area contributed by atoms with Gasteiger partial charge < -0.3 is 9.64 Å². The first-order chi connectivity index (χ1) is 9.03. The molecule has 1 heterocycles. The quantitative estimate of drug-likeness (QED) is 0.762. The summed E-state index contributed by atoms with van der Waals surface area (Å²) in [4.78, 5) is 28.5. The largest absolute Gasteiger partial charge is 0.476 e. The Kier molecular flexibility index (Phi) is 5.47. The molecular formula is C12H18FN3O3. The van der Waals surface area contributed by atoms with E-state index in [4.69, 9.17) is 4.74 Å². The highest BCUT2D eigenvalue weighted by Gasteiger charge is 2.14. The van der Waals surface area contributed by atoms with Crippen LogP contribution in [0.3, 0.4) is 0 Å². The molecule has 1 aromatic heterocycles. The first-order valence-electron chi connectivity index (χ1n) is 6.20. The van der Waals surface area contributed by atoms with Crippen molar-refractivity contribution >= 4 is 5.91 Å². The SMILES string of the molecule is CCOc1nc(=O)n(CC(=O)N(CC)CC)cc1F. The van der Waals surface area contributed by atoms with E-state index in [2.05, 4.69) is 4.98 Å². The van der Waals surface area contributed by atoms with Crippen molar-refractivity contribution < 1.29 is 13.9 Å². The number of likely N-dealkylation sites (N-methyl/N-ethyl adjacent to an activating group) is 1. The van der Waals surface area contributed by atoms with Gasteiger partial charge in [0.25, 0.3) is 5.88 Å². The molecule has 0 bridgehead atoms. The lowest BCUT2D eigenvalue weighted by molar-refractivity contribution is -0.131. The molecule has 0 fully saturated rings. The first-order valence-corrected chi connectivity index (χ1v) is 6.20. The molecule has 1 aromatic rings. The van der Waals surface area contributed by atoms with Gasteiger partial charge in [0, 0.05) is 13.1 Å². The second-order valence-corrected chi connectivity index (χ2v) is 3.80. The topological polar surface area (TPSA) is 64.4 Å². The minimum absolute atomic E-state index is 0.214. The molecule has 6 nitrogen and oxygen atoms in total. The van der Waals surface area contributed by atoms with Crippen LogP contribution in [0.4, 0.5) is 4.39 Å². The molecule has 0 aliphatic heterocycles. The maximum atomic E-state index is 13.6. The Balaban J connectivity index is 2.94. The summed E-state index contributed by atoms with van der Waals surface area (Å²) in [6, 6.07) is 0. The summed E-state index contributed by atoms with van der Waals surface area (Å²) in [5.41, 5.74) is -0.703. The van der Waals surface area contributed by atoms with E-state index in [9.17, 15) is 14.0 Å². The summed E-state index contributed by atoms with van der Waals surface area (Å²) >= 11 is 0. The van der Waals surface area contributed by atoms with Crippen molar-refractivity contribution in [3.63, 3.8) is 0 Å².